The summed E-state index contributed by atoms with van der Waals surface area (Å²) in [6, 6.07) is 13.1. The van der Waals surface area contributed by atoms with E-state index in [1.165, 1.54) is 6.08 Å². The van der Waals surface area contributed by atoms with Crippen LogP contribution >= 0.6 is 0 Å². The molecule has 5 heteroatoms. The van der Waals surface area contributed by atoms with Gasteiger partial charge in [-0.25, -0.2) is 9.78 Å². The molecule has 1 heterocycles. The molecule has 0 atom stereocenters. The summed E-state index contributed by atoms with van der Waals surface area (Å²) >= 11 is 0. The summed E-state index contributed by atoms with van der Waals surface area (Å²) in [5, 5.41) is 18.7. The van der Waals surface area contributed by atoms with Gasteiger partial charge in [0.2, 0.25) is 0 Å². The Balaban J connectivity index is 2.28. The summed E-state index contributed by atoms with van der Waals surface area (Å²) in [4.78, 5) is 15.8. The number of hydrogen-bond donors (Lipinski definition) is 2. The molecule has 2 N–H and O–H groups in total. The smallest absolute Gasteiger partial charge is 0.331 e. The van der Waals surface area contributed by atoms with Crippen molar-refractivity contribution in [2.24, 2.45) is 0 Å². The van der Waals surface area contributed by atoms with E-state index in [0.717, 1.165) is 18.4 Å². The van der Waals surface area contributed by atoms with Crippen LogP contribution in [0.15, 0.2) is 48.0 Å². The number of rotatable bonds is 9. The van der Waals surface area contributed by atoms with Crippen LogP contribution in [-0.4, -0.2) is 21.2 Å². The highest BCUT2D eigenvalue weighted by molar-refractivity contribution is 5.92. The number of ether oxygens (including phenoxy) is 1. The van der Waals surface area contributed by atoms with E-state index in [-0.39, 0.29) is 12.2 Å². The first-order chi connectivity index (χ1) is 12.1. The molecule has 1 aromatic carbocycles. The van der Waals surface area contributed by atoms with Crippen LogP contribution in [0.3, 0.4) is 0 Å². The Labute approximate surface area is 147 Å². The summed E-state index contributed by atoms with van der Waals surface area (Å²) in [6.45, 7) is 2.16. The lowest BCUT2D eigenvalue weighted by Crippen LogP contribution is -2.04. The van der Waals surface area contributed by atoms with Gasteiger partial charge in [0.15, 0.2) is 0 Å². The topological polar surface area (TPSA) is 79.7 Å². The van der Waals surface area contributed by atoms with Crippen LogP contribution in [0, 0.1) is 0 Å². The number of benzene rings is 1. The van der Waals surface area contributed by atoms with Gasteiger partial charge in [0.25, 0.3) is 0 Å². The third kappa shape index (κ3) is 5.72. The molecule has 0 amide bonds. The van der Waals surface area contributed by atoms with Gasteiger partial charge in [0.05, 0.1) is 12.3 Å². The first-order valence-electron chi connectivity index (χ1n) is 8.35. The van der Waals surface area contributed by atoms with Crippen LogP contribution in [0.5, 0.6) is 5.75 Å². The van der Waals surface area contributed by atoms with E-state index in [9.17, 15) is 15.0 Å². The van der Waals surface area contributed by atoms with Gasteiger partial charge in [-0.2, -0.15) is 0 Å². The van der Waals surface area contributed by atoms with Crippen molar-refractivity contribution < 1.29 is 19.7 Å². The number of aromatic nitrogens is 1. The highest BCUT2D eigenvalue weighted by atomic mass is 16.5. The van der Waals surface area contributed by atoms with E-state index in [0.29, 0.717) is 30.2 Å². The predicted molar refractivity (Wildman–Crippen MR) is 96.1 cm³/mol. The molecule has 132 valence electrons. The first kappa shape index (κ1) is 18.7. The van der Waals surface area contributed by atoms with Gasteiger partial charge in [-0.05, 0) is 36.6 Å². The fourth-order valence-corrected chi connectivity index (χ4v) is 2.33. The SMILES string of the molecule is CCCC/C(=C\c1nc(CO)ccc1OCc1ccccc1)C(=O)O. The molecule has 0 aliphatic carbocycles. The normalized spacial score (nSPS) is 11.4. The molecular formula is C20H23NO4. The largest absolute Gasteiger partial charge is 0.487 e. The van der Waals surface area contributed by atoms with Crippen molar-refractivity contribution in [3.05, 3.63) is 65.0 Å². The van der Waals surface area contributed by atoms with Crippen molar-refractivity contribution in [2.45, 2.75) is 39.4 Å². The van der Waals surface area contributed by atoms with E-state index < -0.39 is 5.97 Å². The number of carboxylic acids is 1. The van der Waals surface area contributed by atoms with Gasteiger partial charge >= 0.3 is 5.97 Å². The number of aliphatic carboxylic acids is 1. The van der Waals surface area contributed by atoms with Gasteiger partial charge in [-0.15, -0.1) is 0 Å². The third-order valence-electron chi connectivity index (χ3n) is 3.73. The molecule has 0 saturated heterocycles. The van der Waals surface area contributed by atoms with Crippen LogP contribution in [-0.2, 0) is 18.0 Å². The van der Waals surface area contributed by atoms with Crippen LogP contribution in [0.4, 0.5) is 0 Å². The summed E-state index contributed by atoms with van der Waals surface area (Å²) < 4.78 is 5.83. The van der Waals surface area contributed by atoms with Crippen LogP contribution in [0.25, 0.3) is 6.08 Å². The number of aliphatic hydroxyl groups excluding tert-OH is 1. The van der Waals surface area contributed by atoms with Crippen molar-refractivity contribution >= 4 is 12.0 Å². The Kier molecular flexibility index (Phi) is 7.16. The molecule has 0 fully saturated rings. The molecule has 0 radical (unpaired) electrons. The molecule has 0 unspecified atom stereocenters. The number of carbonyl (C=O) groups is 1. The highest BCUT2D eigenvalue weighted by Gasteiger charge is 2.11. The average molecular weight is 341 g/mol. The number of pyridine rings is 1. The predicted octanol–water partition coefficient (Wildman–Crippen LogP) is 3.81. The molecule has 25 heavy (non-hydrogen) atoms. The van der Waals surface area contributed by atoms with Gasteiger partial charge in [-0.3, -0.25) is 0 Å². The van der Waals surface area contributed by atoms with Crippen molar-refractivity contribution in [2.75, 3.05) is 0 Å². The van der Waals surface area contributed by atoms with Gasteiger partial charge in [-0.1, -0.05) is 43.7 Å². The lowest BCUT2D eigenvalue weighted by atomic mass is 10.1. The monoisotopic (exact) mass is 341 g/mol. The highest BCUT2D eigenvalue weighted by Crippen LogP contribution is 2.23. The minimum Gasteiger partial charge on any atom is -0.487 e. The minimum absolute atomic E-state index is 0.211. The Morgan fingerprint density at radius 1 is 1.20 bits per heavy atom. The number of aliphatic hydroxyl groups is 1. The summed E-state index contributed by atoms with van der Waals surface area (Å²) in [7, 11) is 0. The molecule has 0 spiro atoms. The first-order valence-corrected chi connectivity index (χ1v) is 8.35. The second-order valence-electron chi connectivity index (χ2n) is 5.70. The number of nitrogens with zero attached hydrogens (tertiary/aromatic N) is 1. The van der Waals surface area contributed by atoms with E-state index in [2.05, 4.69) is 4.98 Å². The zero-order valence-electron chi connectivity index (χ0n) is 14.3. The third-order valence-corrected chi connectivity index (χ3v) is 3.73. The number of hydrogen-bond acceptors (Lipinski definition) is 4. The average Bonchev–Trinajstić information content (AvgIpc) is 2.64. The number of carboxylic acid groups (broad SMARTS) is 1. The molecule has 2 rings (SSSR count). The van der Waals surface area contributed by atoms with E-state index in [1.54, 1.807) is 12.1 Å². The quantitative estimate of drug-likeness (QED) is 0.678. The second-order valence-corrected chi connectivity index (χ2v) is 5.70. The molecule has 1 aromatic heterocycles. The molecule has 0 bridgehead atoms. The zero-order chi connectivity index (χ0) is 18.1. The molecule has 0 aliphatic heterocycles. The van der Waals surface area contributed by atoms with E-state index >= 15 is 0 Å². The van der Waals surface area contributed by atoms with Gasteiger partial charge in [0, 0.05) is 5.57 Å². The molecule has 0 aliphatic rings. The second kappa shape index (κ2) is 9.59. The Hall–Kier alpha value is -2.66. The van der Waals surface area contributed by atoms with E-state index in [1.807, 2.05) is 37.3 Å². The maximum Gasteiger partial charge on any atom is 0.331 e. The summed E-state index contributed by atoms with van der Waals surface area (Å²) in [6.07, 6.45) is 3.70. The van der Waals surface area contributed by atoms with Gasteiger partial charge < -0.3 is 14.9 Å². The molecule has 5 nitrogen and oxygen atoms in total. The molecule has 0 saturated carbocycles. The summed E-state index contributed by atoms with van der Waals surface area (Å²) in [5.41, 5.74) is 2.19. The zero-order valence-corrected chi connectivity index (χ0v) is 14.3. The van der Waals surface area contributed by atoms with Crippen molar-refractivity contribution in [1.29, 1.82) is 0 Å². The molecule has 2 aromatic rings. The van der Waals surface area contributed by atoms with Gasteiger partial charge in [0.1, 0.15) is 18.1 Å². The van der Waals surface area contributed by atoms with Crippen molar-refractivity contribution in [1.82, 2.24) is 4.98 Å². The lowest BCUT2D eigenvalue weighted by Gasteiger charge is -2.11. The lowest BCUT2D eigenvalue weighted by molar-refractivity contribution is -0.132. The maximum atomic E-state index is 11.5. The maximum absolute atomic E-state index is 11.5. The summed E-state index contributed by atoms with van der Waals surface area (Å²) in [5.74, 6) is -0.463. The Morgan fingerprint density at radius 2 is 1.96 bits per heavy atom. The number of unbranched alkanes of at least 4 members (excludes halogenated alkanes) is 1. The van der Waals surface area contributed by atoms with Crippen molar-refractivity contribution in [3.63, 3.8) is 0 Å². The van der Waals surface area contributed by atoms with Crippen molar-refractivity contribution in [3.8, 4) is 5.75 Å². The van der Waals surface area contributed by atoms with E-state index in [4.69, 9.17) is 4.74 Å². The Bertz CT molecular complexity index is 726. The fraction of sp³-hybridized carbons (Fsp3) is 0.300. The fourth-order valence-electron chi connectivity index (χ4n) is 2.33. The standard InChI is InChI=1S/C20H23NO4/c1-2-3-9-16(20(23)24)12-18-19(11-10-17(13-22)21-18)25-14-15-7-5-4-6-8-15/h4-8,10-12,22H,2-3,9,13-14H2,1H3,(H,23,24)/b16-12+. The van der Waals surface area contributed by atoms with Crippen LogP contribution in [0.2, 0.25) is 0 Å². The Morgan fingerprint density at radius 3 is 2.60 bits per heavy atom. The van der Waals surface area contributed by atoms with Crippen LogP contribution < -0.4 is 4.74 Å². The minimum atomic E-state index is -0.960. The van der Waals surface area contributed by atoms with Crippen LogP contribution in [0.1, 0.15) is 43.1 Å². The molecular weight excluding hydrogens is 318 g/mol.